The summed E-state index contributed by atoms with van der Waals surface area (Å²) in [6, 6.07) is 12.9. The number of amides is 1. The van der Waals surface area contributed by atoms with Gasteiger partial charge in [-0.3, -0.25) is 4.79 Å². The molecule has 0 radical (unpaired) electrons. The van der Waals surface area contributed by atoms with Crippen LogP contribution >= 0.6 is 0 Å². The molecule has 0 unspecified atom stereocenters. The monoisotopic (exact) mass is 328 g/mol. The molecule has 0 aliphatic heterocycles. The Morgan fingerprint density at radius 2 is 1.71 bits per heavy atom. The van der Waals surface area contributed by atoms with E-state index in [1.54, 1.807) is 32.4 Å². The quantitative estimate of drug-likeness (QED) is 0.813. The van der Waals surface area contributed by atoms with E-state index < -0.39 is 0 Å². The summed E-state index contributed by atoms with van der Waals surface area (Å²) in [6.45, 7) is 3.93. The van der Waals surface area contributed by atoms with Gasteiger partial charge in [-0.1, -0.05) is 19.1 Å². The fourth-order valence-corrected chi connectivity index (χ4v) is 2.33. The third kappa shape index (κ3) is 4.65. The van der Waals surface area contributed by atoms with Gasteiger partial charge in [-0.05, 0) is 31.0 Å². The van der Waals surface area contributed by atoms with Crippen LogP contribution in [0.2, 0.25) is 0 Å². The van der Waals surface area contributed by atoms with E-state index in [0.717, 1.165) is 12.1 Å². The summed E-state index contributed by atoms with van der Waals surface area (Å²) in [6.07, 6.45) is 0.958. The molecule has 0 spiro atoms. The lowest BCUT2D eigenvalue weighted by molar-refractivity contribution is -0.116. The number of methoxy groups -OCH3 is 2. The van der Waals surface area contributed by atoms with Gasteiger partial charge in [0.15, 0.2) is 0 Å². The molecular weight excluding hydrogens is 304 g/mol. The van der Waals surface area contributed by atoms with Gasteiger partial charge in [0.1, 0.15) is 17.5 Å². The van der Waals surface area contributed by atoms with E-state index in [1.165, 1.54) is 5.56 Å². The molecular formula is C19H24N2O3. The standard InChI is InChI=1S/C19H24N2O3/c1-5-14-7-6-8-15(9-14)20-13(2)19(22)21-16-10-17(23-3)12-18(11-16)24-4/h6-13,20H,5H2,1-4H3,(H,21,22)/t13-/m1/s1. The number of rotatable bonds is 7. The molecule has 5 heteroatoms. The molecule has 0 bridgehead atoms. The Morgan fingerprint density at radius 1 is 1.04 bits per heavy atom. The maximum Gasteiger partial charge on any atom is 0.246 e. The Labute approximate surface area is 143 Å². The minimum atomic E-state index is -0.380. The third-order valence-corrected chi connectivity index (χ3v) is 3.73. The Kier molecular flexibility index (Phi) is 6.07. The van der Waals surface area contributed by atoms with Gasteiger partial charge in [0, 0.05) is 29.6 Å². The molecule has 2 rings (SSSR count). The van der Waals surface area contributed by atoms with Crippen LogP contribution in [0.25, 0.3) is 0 Å². The Bertz CT molecular complexity index is 679. The topological polar surface area (TPSA) is 59.6 Å². The van der Waals surface area contributed by atoms with Crippen LogP contribution in [0.15, 0.2) is 42.5 Å². The fraction of sp³-hybridized carbons (Fsp3) is 0.316. The van der Waals surface area contributed by atoms with Crippen LogP contribution in [0.5, 0.6) is 11.5 Å². The summed E-state index contributed by atoms with van der Waals surface area (Å²) in [4.78, 5) is 12.4. The van der Waals surface area contributed by atoms with Crippen LogP contribution in [0.4, 0.5) is 11.4 Å². The maximum atomic E-state index is 12.4. The van der Waals surface area contributed by atoms with Crippen LogP contribution < -0.4 is 20.1 Å². The third-order valence-electron chi connectivity index (χ3n) is 3.73. The van der Waals surface area contributed by atoms with Crippen LogP contribution in [-0.4, -0.2) is 26.2 Å². The molecule has 0 heterocycles. The second-order valence-corrected chi connectivity index (χ2v) is 5.51. The Balaban J connectivity index is 2.05. The highest BCUT2D eigenvalue weighted by Crippen LogP contribution is 2.26. The van der Waals surface area contributed by atoms with Crippen LogP contribution in [0.3, 0.4) is 0 Å². The predicted molar refractivity (Wildman–Crippen MR) is 97.1 cm³/mol. The van der Waals surface area contributed by atoms with Crippen molar-refractivity contribution in [3.63, 3.8) is 0 Å². The van der Waals surface area contributed by atoms with Crippen molar-refractivity contribution in [2.45, 2.75) is 26.3 Å². The average Bonchev–Trinajstić information content (AvgIpc) is 2.61. The highest BCUT2D eigenvalue weighted by atomic mass is 16.5. The molecule has 1 atom stereocenters. The molecule has 2 aromatic rings. The highest BCUT2D eigenvalue weighted by Gasteiger charge is 2.14. The zero-order valence-corrected chi connectivity index (χ0v) is 14.6. The number of benzene rings is 2. The summed E-state index contributed by atoms with van der Waals surface area (Å²) in [5.41, 5.74) is 2.79. The molecule has 2 N–H and O–H groups in total. The molecule has 2 aromatic carbocycles. The maximum absolute atomic E-state index is 12.4. The number of nitrogens with one attached hydrogen (secondary N) is 2. The Hall–Kier alpha value is -2.69. The van der Waals surface area contributed by atoms with E-state index in [1.807, 2.05) is 19.1 Å². The van der Waals surface area contributed by atoms with Gasteiger partial charge in [0.25, 0.3) is 0 Å². The van der Waals surface area contributed by atoms with Gasteiger partial charge >= 0.3 is 0 Å². The fourth-order valence-electron chi connectivity index (χ4n) is 2.33. The number of anilines is 2. The lowest BCUT2D eigenvalue weighted by Gasteiger charge is -2.16. The van der Waals surface area contributed by atoms with E-state index in [2.05, 4.69) is 29.7 Å². The van der Waals surface area contributed by atoms with Gasteiger partial charge < -0.3 is 20.1 Å². The zero-order chi connectivity index (χ0) is 17.5. The van der Waals surface area contributed by atoms with Gasteiger partial charge in [-0.2, -0.15) is 0 Å². The van der Waals surface area contributed by atoms with E-state index in [9.17, 15) is 4.79 Å². The molecule has 0 saturated heterocycles. The predicted octanol–water partition coefficient (Wildman–Crippen LogP) is 3.71. The normalized spacial score (nSPS) is 11.5. The van der Waals surface area contributed by atoms with Crippen molar-refractivity contribution in [2.24, 2.45) is 0 Å². The zero-order valence-electron chi connectivity index (χ0n) is 14.6. The van der Waals surface area contributed by atoms with E-state index >= 15 is 0 Å². The summed E-state index contributed by atoms with van der Waals surface area (Å²) < 4.78 is 10.4. The largest absolute Gasteiger partial charge is 0.497 e. The smallest absolute Gasteiger partial charge is 0.246 e. The van der Waals surface area contributed by atoms with Gasteiger partial charge in [-0.15, -0.1) is 0 Å². The average molecular weight is 328 g/mol. The van der Waals surface area contributed by atoms with Gasteiger partial charge in [0.2, 0.25) is 5.91 Å². The van der Waals surface area contributed by atoms with Crippen molar-refractivity contribution in [3.8, 4) is 11.5 Å². The summed E-state index contributed by atoms with van der Waals surface area (Å²) in [5.74, 6) is 1.12. The number of carbonyl (C=O) groups is 1. The van der Waals surface area contributed by atoms with Crippen molar-refractivity contribution in [1.29, 1.82) is 0 Å². The van der Waals surface area contributed by atoms with Crippen molar-refractivity contribution >= 4 is 17.3 Å². The number of hydrogen-bond donors (Lipinski definition) is 2. The molecule has 0 saturated carbocycles. The number of hydrogen-bond acceptors (Lipinski definition) is 4. The minimum Gasteiger partial charge on any atom is -0.497 e. The van der Waals surface area contributed by atoms with Crippen LogP contribution in [0, 0.1) is 0 Å². The van der Waals surface area contributed by atoms with Crippen molar-refractivity contribution in [2.75, 3.05) is 24.9 Å². The summed E-state index contributed by atoms with van der Waals surface area (Å²) in [7, 11) is 3.15. The van der Waals surface area contributed by atoms with Crippen LogP contribution in [-0.2, 0) is 11.2 Å². The molecule has 5 nitrogen and oxygen atoms in total. The first-order chi connectivity index (χ1) is 11.5. The second kappa shape index (κ2) is 8.24. The first-order valence-electron chi connectivity index (χ1n) is 7.95. The molecule has 0 fully saturated rings. The number of carbonyl (C=O) groups excluding carboxylic acids is 1. The van der Waals surface area contributed by atoms with Crippen LogP contribution in [0.1, 0.15) is 19.4 Å². The van der Waals surface area contributed by atoms with E-state index in [4.69, 9.17) is 9.47 Å². The highest BCUT2D eigenvalue weighted by molar-refractivity contribution is 5.96. The van der Waals surface area contributed by atoms with E-state index in [-0.39, 0.29) is 11.9 Å². The minimum absolute atomic E-state index is 0.132. The molecule has 0 aromatic heterocycles. The molecule has 24 heavy (non-hydrogen) atoms. The second-order valence-electron chi connectivity index (χ2n) is 5.51. The SMILES string of the molecule is CCc1cccc(N[C@H](C)C(=O)Nc2cc(OC)cc(OC)c2)c1. The summed E-state index contributed by atoms with van der Waals surface area (Å²) >= 11 is 0. The molecule has 0 aliphatic carbocycles. The molecule has 1 amide bonds. The van der Waals surface area contributed by atoms with Gasteiger partial charge in [0.05, 0.1) is 14.2 Å². The van der Waals surface area contributed by atoms with Crippen molar-refractivity contribution < 1.29 is 14.3 Å². The van der Waals surface area contributed by atoms with Gasteiger partial charge in [-0.25, -0.2) is 0 Å². The van der Waals surface area contributed by atoms with E-state index in [0.29, 0.717) is 17.2 Å². The van der Waals surface area contributed by atoms with Crippen molar-refractivity contribution in [3.05, 3.63) is 48.0 Å². The lowest BCUT2D eigenvalue weighted by Crippen LogP contribution is -2.31. The van der Waals surface area contributed by atoms with Crippen molar-refractivity contribution in [1.82, 2.24) is 0 Å². The first-order valence-corrected chi connectivity index (χ1v) is 7.95. The Morgan fingerprint density at radius 3 is 2.29 bits per heavy atom. The lowest BCUT2D eigenvalue weighted by atomic mass is 10.1. The number of aryl methyl sites for hydroxylation is 1. The molecule has 128 valence electrons. The first kappa shape index (κ1) is 17.7. The molecule has 0 aliphatic rings. The number of ether oxygens (including phenoxy) is 2. The summed E-state index contributed by atoms with van der Waals surface area (Å²) in [5, 5.41) is 6.10.